The number of benzene rings is 1. The van der Waals surface area contributed by atoms with Gasteiger partial charge >= 0.3 is 5.97 Å². The molecule has 7 rings (SSSR count). The number of nitrogens with zero attached hydrogens (tertiary/aromatic N) is 5. The molecular formula is C38H42FN5O5. The average molecular weight is 668 g/mol. The van der Waals surface area contributed by atoms with Crippen molar-refractivity contribution in [2.45, 2.75) is 78.0 Å². The van der Waals surface area contributed by atoms with E-state index in [2.05, 4.69) is 10.1 Å². The van der Waals surface area contributed by atoms with Gasteiger partial charge in [0.1, 0.15) is 5.65 Å². The zero-order chi connectivity index (χ0) is 34.6. The minimum atomic E-state index is -1.34. The molecule has 10 nitrogen and oxygen atoms in total. The van der Waals surface area contributed by atoms with Crippen LogP contribution < -0.4 is 4.74 Å². The van der Waals surface area contributed by atoms with Gasteiger partial charge in [0.15, 0.2) is 17.7 Å². The molecule has 0 radical (unpaired) electrons. The fraction of sp³-hybridized carbons (Fsp3) is 0.421. The van der Waals surface area contributed by atoms with Crippen LogP contribution in [0.5, 0.6) is 5.75 Å². The number of hydrogen-bond donors (Lipinski definition) is 1. The Hall–Kier alpha value is -4.61. The Morgan fingerprint density at radius 1 is 1.12 bits per heavy atom. The molecule has 256 valence electrons. The maximum atomic E-state index is 15.8. The number of pyridine rings is 2. The van der Waals surface area contributed by atoms with E-state index in [1.165, 1.54) is 6.07 Å². The van der Waals surface area contributed by atoms with Gasteiger partial charge < -0.3 is 23.9 Å². The molecule has 1 N–H and O–H groups in total. The lowest BCUT2D eigenvalue weighted by molar-refractivity contribution is -0.160. The highest BCUT2D eigenvalue weighted by atomic mass is 19.1. The number of ether oxygens (including phenoxy) is 3. The van der Waals surface area contributed by atoms with E-state index in [-0.39, 0.29) is 5.75 Å². The molecule has 5 aromatic rings. The van der Waals surface area contributed by atoms with Crippen molar-refractivity contribution in [2.24, 2.45) is 7.05 Å². The number of aliphatic carboxylic acids is 1. The zero-order valence-electron chi connectivity index (χ0n) is 28.8. The summed E-state index contributed by atoms with van der Waals surface area (Å²) in [6.07, 6.45) is 7.60. The molecule has 0 bridgehead atoms. The number of hydrogen-bond acceptors (Lipinski definition) is 7. The Morgan fingerprint density at radius 3 is 2.63 bits per heavy atom. The molecule has 4 aromatic heterocycles. The quantitative estimate of drug-likeness (QED) is 0.189. The third kappa shape index (κ3) is 6.10. The third-order valence-corrected chi connectivity index (χ3v) is 9.58. The van der Waals surface area contributed by atoms with E-state index in [1.807, 2.05) is 74.6 Å². The molecule has 0 unspecified atom stereocenters. The zero-order valence-corrected chi connectivity index (χ0v) is 28.8. The van der Waals surface area contributed by atoms with Crippen LogP contribution in [-0.4, -0.2) is 60.8 Å². The first-order valence-corrected chi connectivity index (χ1v) is 16.9. The summed E-state index contributed by atoms with van der Waals surface area (Å²) in [5.74, 6) is -1.34. The number of halogens is 1. The number of carboxylic acids is 1. The van der Waals surface area contributed by atoms with Gasteiger partial charge in [0.25, 0.3) is 0 Å². The topological polar surface area (TPSA) is 114 Å². The monoisotopic (exact) mass is 667 g/mol. The van der Waals surface area contributed by atoms with Crippen molar-refractivity contribution < 1.29 is 28.5 Å². The van der Waals surface area contributed by atoms with Gasteiger partial charge in [-0.15, -0.1) is 0 Å². The van der Waals surface area contributed by atoms with E-state index in [1.54, 1.807) is 13.1 Å². The number of carboxylic acid groups (broad SMARTS) is 1. The maximum Gasteiger partial charge on any atom is 0.337 e. The molecule has 1 aromatic carbocycles. The van der Waals surface area contributed by atoms with Gasteiger partial charge in [-0.05, 0) is 95.7 Å². The molecule has 6 heterocycles. The number of aryl methyl sites for hydroxylation is 2. The van der Waals surface area contributed by atoms with Crippen LogP contribution in [0, 0.1) is 19.7 Å². The molecule has 2 aliphatic heterocycles. The minimum Gasteiger partial charge on any atom is -0.490 e. The Bertz CT molecular complexity index is 2070. The summed E-state index contributed by atoms with van der Waals surface area (Å²) in [4.78, 5) is 22.6. The van der Waals surface area contributed by atoms with Crippen LogP contribution in [0.15, 0.2) is 42.9 Å². The molecule has 2 aliphatic rings. The molecule has 1 fully saturated rings. The Labute approximate surface area is 284 Å². The van der Waals surface area contributed by atoms with Gasteiger partial charge in [-0.1, -0.05) is 0 Å². The van der Waals surface area contributed by atoms with E-state index in [0.29, 0.717) is 52.5 Å². The van der Waals surface area contributed by atoms with Gasteiger partial charge in [-0.3, -0.25) is 9.67 Å². The first-order valence-electron chi connectivity index (χ1n) is 16.9. The number of rotatable bonds is 7. The van der Waals surface area contributed by atoms with Gasteiger partial charge in [-0.25, -0.2) is 14.2 Å². The van der Waals surface area contributed by atoms with Crippen molar-refractivity contribution in [3.05, 3.63) is 71.1 Å². The summed E-state index contributed by atoms with van der Waals surface area (Å²) >= 11 is 0. The van der Waals surface area contributed by atoms with E-state index in [9.17, 15) is 9.90 Å². The highest BCUT2D eigenvalue weighted by molar-refractivity contribution is 6.01. The summed E-state index contributed by atoms with van der Waals surface area (Å²) in [5, 5.41) is 15.9. The third-order valence-electron chi connectivity index (χ3n) is 9.58. The largest absolute Gasteiger partial charge is 0.490 e. The Balaban J connectivity index is 1.43. The number of carbonyl (C=O) groups is 1. The number of fused-ring (bicyclic) bond motifs is 2. The second-order valence-corrected chi connectivity index (χ2v) is 14.0. The molecule has 1 atom stereocenters. The van der Waals surface area contributed by atoms with Crippen LogP contribution in [0.25, 0.3) is 44.7 Å². The van der Waals surface area contributed by atoms with Gasteiger partial charge in [-0.2, -0.15) is 5.10 Å². The van der Waals surface area contributed by atoms with Crippen molar-refractivity contribution >= 4 is 17.0 Å². The summed E-state index contributed by atoms with van der Waals surface area (Å²) < 4.78 is 37.3. The number of aromatic nitrogens is 5. The van der Waals surface area contributed by atoms with E-state index in [4.69, 9.17) is 19.2 Å². The lowest BCUT2D eigenvalue weighted by Gasteiger charge is -2.29. The normalized spacial score (nSPS) is 16.1. The van der Waals surface area contributed by atoms with E-state index in [0.717, 1.165) is 66.1 Å². The second kappa shape index (κ2) is 12.7. The summed E-state index contributed by atoms with van der Waals surface area (Å²) in [7, 11) is 1.94. The fourth-order valence-corrected chi connectivity index (χ4v) is 7.22. The van der Waals surface area contributed by atoms with E-state index < -0.39 is 23.5 Å². The first-order chi connectivity index (χ1) is 23.4. The SMILES string of the molecule is Cc1nc2c(cc(-c3ccnc(-c4cnn(C5CCOCC5)c4)c3)n2C)c(-c2cc(F)c3c(c2C)CCCO3)c1[C@H](OC(C)(C)C)C(=O)O. The Morgan fingerprint density at radius 2 is 1.90 bits per heavy atom. The summed E-state index contributed by atoms with van der Waals surface area (Å²) in [5.41, 5.74) is 7.06. The standard InChI is InChI=1S/C38H42FN5O5/c1-21-26-8-7-13-48-34(26)29(39)17-27(21)33-28-18-31(43(6)36(28)42-22(2)32(33)35(37(45)46)49-38(3,4)5)23-9-12-40-30(16-23)24-19-41-44(20-24)25-10-14-47-15-11-25/h9,12,16-20,25,35H,7-8,10-11,13-15H2,1-6H3,(H,45,46)/t35-/m0/s1. The molecular weight excluding hydrogens is 625 g/mol. The van der Waals surface area contributed by atoms with Crippen LogP contribution in [0.1, 0.15) is 74.6 Å². The molecule has 11 heteroatoms. The highest BCUT2D eigenvalue weighted by Gasteiger charge is 2.34. The first kappa shape index (κ1) is 32.9. The van der Waals surface area contributed by atoms with Crippen LogP contribution >= 0.6 is 0 Å². The van der Waals surface area contributed by atoms with E-state index >= 15 is 4.39 Å². The van der Waals surface area contributed by atoms with Crippen molar-refractivity contribution in [1.82, 2.24) is 24.3 Å². The molecule has 49 heavy (non-hydrogen) atoms. The van der Waals surface area contributed by atoms with Crippen LogP contribution in [0.3, 0.4) is 0 Å². The van der Waals surface area contributed by atoms with Crippen molar-refractivity contribution in [3.63, 3.8) is 0 Å². The highest BCUT2D eigenvalue weighted by Crippen LogP contribution is 2.45. The predicted octanol–water partition coefficient (Wildman–Crippen LogP) is 7.54. The van der Waals surface area contributed by atoms with Crippen LogP contribution in [0.2, 0.25) is 0 Å². The Kier molecular flexibility index (Phi) is 8.52. The molecule has 0 spiro atoms. The fourth-order valence-electron chi connectivity index (χ4n) is 7.22. The van der Waals surface area contributed by atoms with Crippen molar-refractivity contribution in [2.75, 3.05) is 19.8 Å². The second-order valence-electron chi connectivity index (χ2n) is 14.0. The predicted molar refractivity (Wildman–Crippen MR) is 184 cm³/mol. The van der Waals surface area contributed by atoms with Crippen molar-refractivity contribution in [3.8, 4) is 39.4 Å². The molecule has 1 saturated heterocycles. The van der Waals surface area contributed by atoms with Crippen LogP contribution in [0.4, 0.5) is 4.39 Å². The van der Waals surface area contributed by atoms with Gasteiger partial charge in [0, 0.05) is 71.6 Å². The molecule has 0 amide bonds. The van der Waals surface area contributed by atoms with Gasteiger partial charge in [0.2, 0.25) is 0 Å². The van der Waals surface area contributed by atoms with Crippen LogP contribution in [-0.2, 0) is 27.7 Å². The molecule has 0 saturated carbocycles. The van der Waals surface area contributed by atoms with Gasteiger partial charge in [0.05, 0.1) is 35.8 Å². The maximum absolute atomic E-state index is 15.8. The summed E-state index contributed by atoms with van der Waals surface area (Å²) in [6, 6.07) is 7.75. The van der Waals surface area contributed by atoms with Crippen molar-refractivity contribution in [1.29, 1.82) is 0 Å². The molecule has 0 aliphatic carbocycles. The smallest absolute Gasteiger partial charge is 0.337 e. The summed E-state index contributed by atoms with van der Waals surface area (Å²) in [6.45, 7) is 11.1. The lowest BCUT2D eigenvalue weighted by Crippen LogP contribution is -2.28. The average Bonchev–Trinajstić information content (AvgIpc) is 3.70. The lowest BCUT2D eigenvalue weighted by atomic mass is 9.86. The minimum absolute atomic E-state index is 0.273.